The third kappa shape index (κ3) is 3.81. The van der Waals surface area contributed by atoms with E-state index in [4.69, 9.17) is 4.52 Å². The van der Waals surface area contributed by atoms with Crippen LogP contribution in [0.5, 0.6) is 0 Å². The lowest BCUT2D eigenvalue weighted by atomic mass is 10.1. The van der Waals surface area contributed by atoms with Crippen LogP contribution in [0.15, 0.2) is 22.9 Å². The molecule has 3 amide bonds. The van der Waals surface area contributed by atoms with Gasteiger partial charge in [-0.3, -0.25) is 19.7 Å². The minimum absolute atomic E-state index is 0.164. The minimum Gasteiger partial charge on any atom is -0.359 e. The molecule has 3 heterocycles. The van der Waals surface area contributed by atoms with Crippen molar-refractivity contribution in [2.45, 2.75) is 38.6 Å². The van der Waals surface area contributed by atoms with Gasteiger partial charge in [-0.1, -0.05) is 19.0 Å². The molecule has 134 valence electrons. The molecule has 0 aliphatic carbocycles. The topological polar surface area (TPSA) is 105 Å². The molecule has 3 rings (SSSR count). The quantitative estimate of drug-likeness (QED) is 0.879. The molecule has 1 unspecified atom stereocenters. The van der Waals surface area contributed by atoms with Crippen LogP contribution in [-0.2, 0) is 11.8 Å². The first-order valence-electron chi connectivity index (χ1n) is 8.29. The van der Waals surface area contributed by atoms with E-state index in [1.54, 1.807) is 35.0 Å². The van der Waals surface area contributed by atoms with Gasteiger partial charge in [-0.15, -0.1) is 0 Å². The van der Waals surface area contributed by atoms with Gasteiger partial charge in [0, 0.05) is 37.8 Å². The number of nitrogens with one attached hydrogen (secondary N) is 2. The smallest absolute Gasteiger partial charge is 0.321 e. The summed E-state index contributed by atoms with van der Waals surface area (Å²) in [6, 6.07) is 2.38. The van der Waals surface area contributed by atoms with E-state index in [9.17, 15) is 9.59 Å². The van der Waals surface area contributed by atoms with Gasteiger partial charge in [0.05, 0.1) is 0 Å². The van der Waals surface area contributed by atoms with Crippen LogP contribution in [-0.4, -0.2) is 39.5 Å². The molecule has 25 heavy (non-hydrogen) atoms. The van der Waals surface area contributed by atoms with E-state index in [0.29, 0.717) is 30.4 Å². The highest BCUT2D eigenvalue weighted by Crippen LogP contribution is 2.20. The van der Waals surface area contributed by atoms with Crippen LogP contribution < -0.4 is 15.5 Å². The number of amides is 3. The third-order valence-corrected chi connectivity index (χ3v) is 4.06. The number of anilines is 2. The largest absolute Gasteiger partial charge is 0.359 e. The van der Waals surface area contributed by atoms with Crippen molar-refractivity contribution in [1.29, 1.82) is 0 Å². The van der Waals surface area contributed by atoms with Crippen molar-refractivity contribution in [3.8, 4) is 0 Å². The summed E-state index contributed by atoms with van der Waals surface area (Å²) in [5.41, 5.74) is 0. The first-order valence-corrected chi connectivity index (χ1v) is 8.29. The molecule has 2 aromatic heterocycles. The van der Waals surface area contributed by atoms with Gasteiger partial charge in [0.1, 0.15) is 11.8 Å². The second-order valence-corrected chi connectivity index (χ2v) is 6.40. The van der Waals surface area contributed by atoms with Crippen LogP contribution >= 0.6 is 0 Å². The lowest BCUT2D eigenvalue weighted by Gasteiger charge is -2.31. The Kier molecular flexibility index (Phi) is 4.73. The van der Waals surface area contributed by atoms with Crippen molar-refractivity contribution in [1.82, 2.24) is 20.3 Å². The zero-order valence-corrected chi connectivity index (χ0v) is 14.5. The highest BCUT2D eigenvalue weighted by Gasteiger charge is 2.32. The summed E-state index contributed by atoms with van der Waals surface area (Å²) in [6.07, 6.45) is 3.16. The fraction of sp³-hybridized carbons (Fsp3) is 0.500. The summed E-state index contributed by atoms with van der Waals surface area (Å²) >= 11 is 0. The number of nitrogens with zero attached hydrogens (tertiary/aromatic N) is 4. The van der Waals surface area contributed by atoms with E-state index in [2.05, 4.69) is 20.9 Å². The molecule has 0 aromatic carbocycles. The Bertz CT molecular complexity index is 766. The van der Waals surface area contributed by atoms with Gasteiger partial charge >= 0.3 is 6.03 Å². The maximum atomic E-state index is 12.6. The Labute approximate surface area is 145 Å². The summed E-state index contributed by atoms with van der Waals surface area (Å²) in [4.78, 5) is 26.4. The van der Waals surface area contributed by atoms with Crippen molar-refractivity contribution >= 4 is 23.6 Å². The number of carbonyl (C=O) groups excluding carboxylic acids is 2. The SMILES string of the molecule is CC(C)c1cc(NC(=O)NC2CCCN(c3ccn(C)n3)C2=O)no1. The van der Waals surface area contributed by atoms with E-state index in [-0.39, 0.29) is 11.8 Å². The van der Waals surface area contributed by atoms with Crippen molar-refractivity contribution < 1.29 is 14.1 Å². The minimum atomic E-state index is -0.591. The number of rotatable bonds is 4. The molecular formula is C16H22N6O3. The maximum absolute atomic E-state index is 12.6. The number of piperidine rings is 1. The zero-order valence-electron chi connectivity index (χ0n) is 14.5. The van der Waals surface area contributed by atoms with Crippen molar-refractivity contribution in [3.63, 3.8) is 0 Å². The van der Waals surface area contributed by atoms with E-state index in [1.165, 1.54) is 0 Å². The van der Waals surface area contributed by atoms with Crippen LogP contribution in [0.25, 0.3) is 0 Å². The van der Waals surface area contributed by atoms with Gasteiger partial charge in [0.2, 0.25) is 0 Å². The summed E-state index contributed by atoms with van der Waals surface area (Å²) in [5, 5.41) is 13.4. The lowest BCUT2D eigenvalue weighted by Crippen LogP contribution is -2.53. The molecule has 0 bridgehead atoms. The van der Waals surface area contributed by atoms with Gasteiger partial charge in [-0.05, 0) is 12.8 Å². The third-order valence-electron chi connectivity index (χ3n) is 4.06. The molecule has 1 fully saturated rings. The van der Waals surface area contributed by atoms with Gasteiger partial charge in [-0.2, -0.15) is 5.10 Å². The molecule has 1 aliphatic rings. The molecule has 0 spiro atoms. The van der Waals surface area contributed by atoms with E-state index < -0.39 is 12.1 Å². The lowest BCUT2D eigenvalue weighted by molar-refractivity contribution is -0.121. The first kappa shape index (κ1) is 17.0. The molecule has 9 heteroatoms. The number of hydrogen-bond acceptors (Lipinski definition) is 5. The fourth-order valence-electron chi connectivity index (χ4n) is 2.71. The first-order chi connectivity index (χ1) is 11.9. The average Bonchev–Trinajstić information content (AvgIpc) is 3.18. The Hall–Kier alpha value is -2.84. The van der Waals surface area contributed by atoms with E-state index in [1.807, 2.05) is 13.8 Å². The summed E-state index contributed by atoms with van der Waals surface area (Å²) in [5.74, 6) is 1.62. The molecule has 1 atom stereocenters. The van der Waals surface area contributed by atoms with Crippen molar-refractivity contribution in [2.75, 3.05) is 16.8 Å². The molecule has 0 saturated carbocycles. The molecule has 1 aliphatic heterocycles. The Morgan fingerprint density at radius 2 is 2.24 bits per heavy atom. The molecule has 0 radical (unpaired) electrons. The van der Waals surface area contributed by atoms with Crippen LogP contribution in [0.4, 0.5) is 16.4 Å². The van der Waals surface area contributed by atoms with Crippen LogP contribution in [0.1, 0.15) is 38.4 Å². The van der Waals surface area contributed by atoms with Crippen LogP contribution in [0.3, 0.4) is 0 Å². The maximum Gasteiger partial charge on any atom is 0.321 e. The average molecular weight is 346 g/mol. The molecule has 2 aromatic rings. The van der Waals surface area contributed by atoms with Gasteiger partial charge in [0.25, 0.3) is 5.91 Å². The predicted octanol–water partition coefficient (Wildman–Crippen LogP) is 1.85. The monoisotopic (exact) mass is 346 g/mol. The van der Waals surface area contributed by atoms with Crippen molar-refractivity contribution in [3.05, 3.63) is 24.1 Å². The van der Waals surface area contributed by atoms with E-state index in [0.717, 1.165) is 6.42 Å². The normalized spacial score (nSPS) is 17.8. The number of aryl methyl sites for hydroxylation is 1. The number of aromatic nitrogens is 3. The van der Waals surface area contributed by atoms with Crippen molar-refractivity contribution in [2.24, 2.45) is 7.05 Å². The van der Waals surface area contributed by atoms with E-state index >= 15 is 0 Å². The fourth-order valence-corrected chi connectivity index (χ4v) is 2.71. The second-order valence-electron chi connectivity index (χ2n) is 6.40. The zero-order chi connectivity index (χ0) is 18.0. The number of carbonyl (C=O) groups is 2. The standard InChI is InChI=1S/C16H22N6O3/c1-10(2)12-9-13(20-25-12)18-16(24)17-11-5-4-7-22(15(11)23)14-6-8-21(3)19-14/h6,8-11H,4-5,7H2,1-3H3,(H2,17,18,20,24). The van der Waals surface area contributed by atoms with Gasteiger partial charge in [0.15, 0.2) is 11.6 Å². The highest BCUT2D eigenvalue weighted by molar-refractivity contribution is 6.00. The summed E-state index contributed by atoms with van der Waals surface area (Å²) < 4.78 is 6.78. The summed E-state index contributed by atoms with van der Waals surface area (Å²) in [7, 11) is 1.80. The molecule has 2 N–H and O–H groups in total. The Morgan fingerprint density at radius 1 is 1.44 bits per heavy atom. The molecule has 9 nitrogen and oxygen atoms in total. The summed E-state index contributed by atoms with van der Waals surface area (Å²) in [6.45, 7) is 4.53. The van der Waals surface area contributed by atoms with Crippen LogP contribution in [0.2, 0.25) is 0 Å². The van der Waals surface area contributed by atoms with Crippen LogP contribution in [0, 0.1) is 0 Å². The van der Waals surface area contributed by atoms with Gasteiger partial charge < -0.3 is 9.84 Å². The number of urea groups is 1. The predicted molar refractivity (Wildman–Crippen MR) is 91.3 cm³/mol. The number of hydrogen-bond donors (Lipinski definition) is 2. The Morgan fingerprint density at radius 3 is 2.88 bits per heavy atom. The van der Waals surface area contributed by atoms with Gasteiger partial charge in [-0.25, -0.2) is 4.79 Å². The Balaban J connectivity index is 1.61. The molecule has 1 saturated heterocycles. The highest BCUT2D eigenvalue weighted by atomic mass is 16.5. The molecular weight excluding hydrogens is 324 g/mol. The second kappa shape index (κ2) is 6.96.